The monoisotopic (exact) mass is 533 g/mol. The zero-order chi connectivity index (χ0) is 24.8. The summed E-state index contributed by atoms with van der Waals surface area (Å²) in [6, 6.07) is 8.30. The molecule has 0 radical (unpaired) electrons. The minimum Gasteiger partial charge on any atom is -0.490 e. The van der Waals surface area contributed by atoms with Crippen LogP contribution in [0.1, 0.15) is 32.8 Å². The van der Waals surface area contributed by atoms with Crippen LogP contribution in [0.15, 0.2) is 46.6 Å². The maximum atomic E-state index is 13.8. The van der Waals surface area contributed by atoms with Crippen LogP contribution in [0.25, 0.3) is 6.08 Å². The van der Waals surface area contributed by atoms with Gasteiger partial charge in [0.1, 0.15) is 18.1 Å². The fourth-order valence-corrected chi connectivity index (χ4v) is 3.66. The largest absolute Gasteiger partial charge is 0.490 e. The molecule has 10 heteroatoms. The van der Waals surface area contributed by atoms with E-state index in [0.29, 0.717) is 28.1 Å². The first kappa shape index (κ1) is 25.2. The Morgan fingerprint density at radius 1 is 1.26 bits per heavy atom. The van der Waals surface area contributed by atoms with E-state index in [0.717, 1.165) is 11.3 Å². The Balaban J connectivity index is 1.78. The van der Waals surface area contributed by atoms with E-state index < -0.39 is 30.2 Å². The number of ether oxygens (including phenoxy) is 2. The van der Waals surface area contributed by atoms with Gasteiger partial charge in [-0.05, 0) is 72.1 Å². The molecule has 34 heavy (non-hydrogen) atoms. The smallest absolute Gasteiger partial charge is 0.329 e. The average molecular weight is 534 g/mol. The number of carbonyl (C=O) groups is 3. The van der Waals surface area contributed by atoms with Gasteiger partial charge in [-0.25, -0.2) is 14.1 Å². The summed E-state index contributed by atoms with van der Waals surface area (Å²) in [4.78, 5) is 38.1. The van der Waals surface area contributed by atoms with Crippen molar-refractivity contribution in [1.29, 1.82) is 0 Å². The maximum absolute atomic E-state index is 13.8. The number of rotatable bonds is 9. The highest BCUT2D eigenvalue weighted by Crippen LogP contribution is 2.38. The van der Waals surface area contributed by atoms with E-state index in [1.807, 2.05) is 20.8 Å². The molecule has 2 aromatic carbocycles. The molecule has 0 aromatic heterocycles. The number of anilines is 1. The van der Waals surface area contributed by atoms with Crippen molar-refractivity contribution >= 4 is 45.5 Å². The highest BCUT2D eigenvalue weighted by Gasteiger charge is 2.35. The lowest BCUT2D eigenvalue weighted by atomic mass is 10.1. The van der Waals surface area contributed by atoms with Crippen LogP contribution >= 0.6 is 15.9 Å². The quantitative estimate of drug-likeness (QED) is 0.359. The molecule has 8 nitrogen and oxygen atoms in total. The fraction of sp³-hybridized carbons (Fsp3) is 0.292. The van der Waals surface area contributed by atoms with Crippen molar-refractivity contribution in [2.45, 2.75) is 33.3 Å². The van der Waals surface area contributed by atoms with Crippen molar-refractivity contribution in [3.8, 4) is 11.5 Å². The fourth-order valence-electron chi connectivity index (χ4n) is 3.11. The lowest BCUT2D eigenvalue weighted by Crippen LogP contribution is -2.38. The second-order valence-electron chi connectivity index (χ2n) is 7.51. The Morgan fingerprint density at radius 3 is 2.68 bits per heavy atom. The van der Waals surface area contributed by atoms with Crippen LogP contribution < -0.4 is 20.1 Å². The standard InChI is InChI=1S/C24H25BrFN3O5/c1-4-14(3)34-22-16(25)10-15(12-20(22)33-5-2)11-19-23(31)29(24(32)28-19)13-21(30)27-18-9-7-6-8-17(18)26/h6-12,14H,4-5,13H2,1-3H3,(H,27,30)(H,28,32)/b19-11+/t14-/m1/s1. The highest BCUT2D eigenvalue weighted by molar-refractivity contribution is 9.10. The van der Waals surface area contributed by atoms with Crippen LogP contribution in [0.4, 0.5) is 14.9 Å². The lowest BCUT2D eigenvalue weighted by Gasteiger charge is -2.18. The maximum Gasteiger partial charge on any atom is 0.329 e. The third-order valence-electron chi connectivity index (χ3n) is 4.95. The number of nitrogens with zero attached hydrogens (tertiary/aromatic N) is 1. The number of benzene rings is 2. The van der Waals surface area contributed by atoms with Gasteiger partial charge in [-0.15, -0.1) is 0 Å². The van der Waals surface area contributed by atoms with Gasteiger partial charge >= 0.3 is 6.03 Å². The summed E-state index contributed by atoms with van der Waals surface area (Å²) in [6.45, 7) is 5.64. The van der Waals surface area contributed by atoms with Crippen LogP contribution in [-0.4, -0.2) is 42.0 Å². The van der Waals surface area contributed by atoms with Crippen LogP contribution in [0, 0.1) is 5.82 Å². The van der Waals surface area contributed by atoms with Crippen molar-refractivity contribution < 1.29 is 28.2 Å². The number of urea groups is 1. The van der Waals surface area contributed by atoms with Crippen LogP contribution in [0.3, 0.4) is 0 Å². The van der Waals surface area contributed by atoms with Gasteiger partial charge in [-0.1, -0.05) is 19.1 Å². The van der Waals surface area contributed by atoms with Gasteiger partial charge in [0.15, 0.2) is 11.5 Å². The molecular formula is C24H25BrFN3O5. The number of carbonyl (C=O) groups excluding carboxylic acids is 3. The van der Waals surface area contributed by atoms with Crippen LogP contribution in [0.5, 0.6) is 11.5 Å². The van der Waals surface area contributed by atoms with Gasteiger partial charge in [0, 0.05) is 0 Å². The third kappa shape index (κ3) is 5.93. The summed E-state index contributed by atoms with van der Waals surface area (Å²) in [5.74, 6) is -0.968. The number of para-hydroxylation sites is 1. The molecule has 0 spiro atoms. The average Bonchev–Trinajstić information content (AvgIpc) is 3.05. The van der Waals surface area contributed by atoms with E-state index in [4.69, 9.17) is 9.47 Å². The minimum atomic E-state index is -0.749. The molecule has 2 N–H and O–H groups in total. The van der Waals surface area contributed by atoms with Crippen molar-refractivity contribution in [1.82, 2.24) is 10.2 Å². The minimum absolute atomic E-state index is 0.00589. The van der Waals surface area contributed by atoms with Gasteiger partial charge in [-0.2, -0.15) is 0 Å². The Labute approximate surface area is 205 Å². The Bertz CT molecular complexity index is 1140. The molecule has 0 aliphatic carbocycles. The number of hydrogen-bond acceptors (Lipinski definition) is 5. The predicted octanol–water partition coefficient (Wildman–Crippen LogP) is 4.70. The van der Waals surface area contributed by atoms with Crippen molar-refractivity contribution in [2.24, 2.45) is 0 Å². The van der Waals surface area contributed by atoms with Gasteiger partial charge in [0.25, 0.3) is 5.91 Å². The molecule has 0 unspecified atom stereocenters. The van der Waals surface area contributed by atoms with E-state index in [2.05, 4.69) is 26.6 Å². The normalized spacial score (nSPS) is 15.3. The number of nitrogens with one attached hydrogen (secondary N) is 2. The summed E-state index contributed by atoms with van der Waals surface area (Å²) in [6.07, 6.45) is 2.26. The summed E-state index contributed by atoms with van der Waals surface area (Å²) >= 11 is 3.48. The van der Waals surface area contributed by atoms with E-state index in [9.17, 15) is 18.8 Å². The Hall–Kier alpha value is -3.40. The van der Waals surface area contributed by atoms with Gasteiger partial charge in [-0.3, -0.25) is 9.59 Å². The molecule has 0 saturated carbocycles. The predicted molar refractivity (Wildman–Crippen MR) is 129 cm³/mol. The molecule has 1 heterocycles. The number of imide groups is 1. The van der Waals surface area contributed by atoms with Crippen molar-refractivity contribution in [3.63, 3.8) is 0 Å². The summed E-state index contributed by atoms with van der Waals surface area (Å²) in [5, 5.41) is 4.82. The number of hydrogen-bond donors (Lipinski definition) is 2. The van der Waals surface area contributed by atoms with Gasteiger partial charge < -0.3 is 20.1 Å². The molecule has 0 bridgehead atoms. The molecule has 1 fully saturated rings. The molecule has 1 saturated heterocycles. The molecule has 1 aliphatic rings. The molecule has 1 atom stereocenters. The zero-order valence-corrected chi connectivity index (χ0v) is 20.6. The second kappa shape index (κ2) is 11.1. The van der Waals surface area contributed by atoms with E-state index in [1.165, 1.54) is 24.3 Å². The molecule has 3 rings (SSSR count). The zero-order valence-electron chi connectivity index (χ0n) is 19.0. The Morgan fingerprint density at radius 2 is 2.00 bits per heavy atom. The van der Waals surface area contributed by atoms with Gasteiger partial charge in [0.05, 0.1) is 22.9 Å². The molecular weight excluding hydrogens is 509 g/mol. The molecule has 2 aromatic rings. The lowest BCUT2D eigenvalue weighted by molar-refractivity contribution is -0.127. The van der Waals surface area contributed by atoms with E-state index >= 15 is 0 Å². The highest BCUT2D eigenvalue weighted by atomic mass is 79.9. The van der Waals surface area contributed by atoms with Crippen LogP contribution in [0.2, 0.25) is 0 Å². The second-order valence-corrected chi connectivity index (χ2v) is 8.36. The van der Waals surface area contributed by atoms with E-state index in [-0.39, 0.29) is 17.5 Å². The topological polar surface area (TPSA) is 97.0 Å². The summed E-state index contributed by atoms with van der Waals surface area (Å²) < 4.78 is 26.0. The Kier molecular flexibility index (Phi) is 8.27. The van der Waals surface area contributed by atoms with Gasteiger partial charge in [0.2, 0.25) is 5.91 Å². The summed E-state index contributed by atoms with van der Waals surface area (Å²) in [7, 11) is 0. The summed E-state index contributed by atoms with van der Waals surface area (Å²) in [5.41, 5.74) is 0.532. The SMILES string of the molecule is CCOc1cc(/C=C2/NC(=O)N(CC(=O)Nc3ccccc3F)C2=O)cc(Br)c1O[C@H](C)CC. The molecule has 180 valence electrons. The number of amides is 4. The third-order valence-corrected chi connectivity index (χ3v) is 5.54. The van der Waals surface area contributed by atoms with Crippen molar-refractivity contribution in [3.05, 3.63) is 57.9 Å². The van der Waals surface area contributed by atoms with Crippen LogP contribution in [-0.2, 0) is 9.59 Å². The first-order valence-electron chi connectivity index (χ1n) is 10.7. The first-order valence-corrected chi connectivity index (χ1v) is 11.5. The number of halogens is 2. The molecule has 1 aliphatic heterocycles. The molecule has 4 amide bonds. The van der Waals surface area contributed by atoms with Crippen molar-refractivity contribution in [2.75, 3.05) is 18.5 Å². The first-order chi connectivity index (χ1) is 16.2. The van der Waals surface area contributed by atoms with E-state index in [1.54, 1.807) is 18.2 Å².